The number of nitrogens with zero attached hydrogens (tertiary/aromatic N) is 4. The predicted molar refractivity (Wildman–Crippen MR) is 135 cm³/mol. The average molecular weight is 464 g/mol. The van der Waals surface area contributed by atoms with Gasteiger partial charge in [0.05, 0.1) is 6.04 Å². The van der Waals surface area contributed by atoms with E-state index in [4.69, 9.17) is 0 Å². The summed E-state index contributed by atoms with van der Waals surface area (Å²) in [4.78, 5) is 15.7. The molecule has 3 fully saturated rings. The second-order valence-electron chi connectivity index (χ2n) is 11.1. The molecule has 2 bridgehead atoms. The first-order valence-electron chi connectivity index (χ1n) is 13.5. The number of amides is 1. The highest BCUT2D eigenvalue weighted by Crippen LogP contribution is 2.42. The van der Waals surface area contributed by atoms with Crippen molar-refractivity contribution in [3.05, 3.63) is 47.5 Å². The molecule has 2 aliphatic heterocycles. The molecule has 3 atom stereocenters. The van der Waals surface area contributed by atoms with Crippen LogP contribution < -0.4 is 5.32 Å². The smallest absolute Gasteiger partial charge is 0.223 e. The van der Waals surface area contributed by atoms with Gasteiger partial charge in [-0.2, -0.15) is 0 Å². The molecule has 3 aliphatic rings. The molecule has 6 nitrogen and oxygen atoms in total. The highest BCUT2D eigenvalue weighted by molar-refractivity contribution is 5.79. The molecule has 0 spiro atoms. The van der Waals surface area contributed by atoms with Gasteiger partial charge in [0.2, 0.25) is 5.91 Å². The van der Waals surface area contributed by atoms with Crippen molar-refractivity contribution < 1.29 is 4.79 Å². The van der Waals surface area contributed by atoms with E-state index in [9.17, 15) is 4.79 Å². The van der Waals surface area contributed by atoms with Crippen LogP contribution in [0.2, 0.25) is 0 Å². The number of fused-ring (bicyclic) bond motifs is 2. The Bertz CT molecular complexity index is 950. The Balaban J connectivity index is 1.26. The van der Waals surface area contributed by atoms with Gasteiger partial charge < -0.3 is 9.88 Å². The molecule has 0 unspecified atom stereocenters. The third-order valence-electron chi connectivity index (χ3n) is 8.55. The lowest BCUT2D eigenvalue weighted by Crippen LogP contribution is -2.45. The number of nitrogens with one attached hydrogen (secondary N) is 1. The zero-order valence-corrected chi connectivity index (χ0v) is 21.1. The normalized spacial score (nSPS) is 26.3. The van der Waals surface area contributed by atoms with Crippen LogP contribution in [0.3, 0.4) is 0 Å². The van der Waals surface area contributed by atoms with Crippen molar-refractivity contribution in [3.63, 3.8) is 0 Å². The van der Waals surface area contributed by atoms with Gasteiger partial charge in [-0.1, -0.05) is 57.0 Å². The van der Waals surface area contributed by atoms with Crippen LogP contribution in [0.5, 0.6) is 0 Å². The van der Waals surface area contributed by atoms with Gasteiger partial charge >= 0.3 is 0 Å². The Morgan fingerprint density at radius 1 is 1.00 bits per heavy atom. The minimum Gasteiger partial charge on any atom is -0.349 e. The van der Waals surface area contributed by atoms with Gasteiger partial charge in [0.15, 0.2) is 0 Å². The van der Waals surface area contributed by atoms with Crippen LogP contribution in [0.25, 0.3) is 0 Å². The number of carbonyl (C=O) groups is 1. The molecular weight excluding hydrogens is 422 g/mol. The van der Waals surface area contributed by atoms with Crippen LogP contribution in [0.15, 0.2) is 30.3 Å². The average Bonchev–Trinajstić information content (AvgIpc) is 3.56. The molecule has 1 aromatic carbocycles. The molecule has 1 aromatic heterocycles. The number of aryl methyl sites for hydroxylation is 1. The lowest BCUT2D eigenvalue weighted by molar-refractivity contribution is -0.125. The number of rotatable bonds is 8. The van der Waals surface area contributed by atoms with Crippen molar-refractivity contribution in [2.45, 2.75) is 109 Å². The van der Waals surface area contributed by atoms with Gasteiger partial charge in [-0.25, -0.2) is 0 Å². The third-order valence-corrected chi connectivity index (χ3v) is 8.55. The molecule has 34 heavy (non-hydrogen) atoms. The van der Waals surface area contributed by atoms with Gasteiger partial charge in [0, 0.05) is 36.5 Å². The number of carbonyl (C=O) groups excluding carboxylic acids is 1. The van der Waals surface area contributed by atoms with Crippen molar-refractivity contribution in [2.75, 3.05) is 6.54 Å². The molecule has 3 heterocycles. The van der Waals surface area contributed by atoms with E-state index in [1.165, 1.54) is 44.1 Å². The lowest BCUT2D eigenvalue weighted by Gasteiger charge is -2.40. The maximum atomic E-state index is 13.0. The maximum absolute atomic E-state index is 13.0. The molecule has 5 rings (SSSR count). The minimum atomic E-state index is 0.0964. The summed E-state index contributed by atoms with van der Waals surface area (Å²) in [6.45, 7) is 7.58. The van der Waals surface area contributed by atoms with E-state index in [0.717, 1.165) is 37.5 Å². The van der Waals surface area contributed by atoms with Crippen molar-refractivity contribution in [1.82, 2.24) is 25.0 Å². The fourth-order valence-electron chi connectivity index (χ4n) is 6.82. The predicted octanol–water partition coefficient (Wildman–Crippen LogP) is 5.32. The monoisotopic (exact) mass is 463 g/mol. The highest BCUT2D eigenvalue weighted by atomic mass is 16.1. The topological polar surface area (TPSA) is 63.1 Å². The molecule has 1 aliphatic carbocycles. The van der Waals surface area contributed by atoms with E-state index in [1.807, 2.05) is 0 Å². The first kappa shape index (κ1) is 23.5. The standard InChI is InChI=1S/C28H41N5O/c1-19(2)27-31-30-20(3)33(27)25-17-23-13-14-24(18-25)32(23)16-15-26(21-9-5-4-6-10-21)29-28(34)22-11-7-8-12-22/h4-6,9-10,19,22-26H,7-8,11-18H2,1-3H3,(H,29,34)/t23-,24-,26-/m0/s1. The molecule has 1 N–H and O–H groups in total. The van der Waals surface area contributed by atoms with Crippen LogP contribution in [-0.2, 0) is 4.79 Å². The molecule has 1 saturated carbocycles. The van der Waals surface area contributed by atoms with Crippen molar-refractivity contribution in [3.8, 4) is 0 Å². The summed E-state index contributed by atoms with van der Waals surface area (Å²) in [6, 6.07) is 12.4. The van der Waals surface area contributed by atoms with Crippen LogP contribution in [0.4, 0.5) is 0 Å². The molecule has 184 valence electrons. The van der Waals surface area contributed by atoms with Gasteiger partial charge in [-0.3, -0.25) is 9.69 Å². The number of hydrogen-bond acceptors (Lipinski definition) is 4. The van der Waals surface area contributed by atoms with Crippen molar-refractivity contribution in [2.24, 2.45) is 5.92 Å². The Morgan fingerprint density at radius 3 is 2.32 bits per heavy atom. The largest absolute Gasteiger partial charge is 0.349 e. The van der Waals surface area contributed by atoms with Crippen LogP contribution in [0.1, 0.15) is 107 Å². The van der Waals surface area contributed by atoms with Gasteiger partial charge in [-0.15, -0.1) is 10.2 Å². The molecule has 6 heteroatoms. The second-order valence-corrected chi connectivity index (χ2v) is 11.1. The van der Waals surface area contributed by atoms with E-state index < -0.39 is 0 Å². The van der Waals surface area contributed by atoms with E-state index >= 15 is 0 Å². The minimum absolute atomic E-state index is 0.0964. The summed E-state index contributed by atoms with van der Waals surface area (Å²) in [7, 11) is 0. The van der Waals surface area contributed by atoms with Crippen molar-refractivity contribution >= 4 is 5.91 Å². The zero-order valence-electron chi connectivity index (χ0n) is 21.1. The zero-order chi connectivity index (χ0) is 23.7. The van der Waals surface area contributed by atoms with E-state index in [2.05, 4.69) is 76.1 Å². The fourth-order valence-corrected chi connectivity index (χ4v) is 6.82. The highest BCUT2D eigenvalue weighted by Gasteiger charge is 2.42. The molecule has 2 saturated heterocycles. The number of hydrogen-bond donors (Lipinski definition) is 1. The number of aromatic nitrogens is 3. The Morgan fingerprint density at radius 2 is 1.68 bits per heavy atom. The first-order chi connectivity index (χ1) is 16.5. The molecule has 0 radical (unpaired) electrons. The fraction of sp³-hybridized carbons (Fsp3) is 0.679. The molecule has 1 amide bonds. The quantitative estimate of drug-likeness (QED) is 0.576. The molecule has 2 aromatic rings. The summed E-state index contributed by atoms with van der Waals surface area (Å²) < 4.78 is 2.43. The number of benzene rings is 1. The van der Waals surface area contributed by atoms with Crippen LogP contribution in [0, 0.1) is 12.8 Å². The first-order valence-corrected chi connectivity index (χ1v) is 13.5. The van der Waals surface area contributed by atoms with E-state index in [1.54, 1.807) is 0 Å². The van der Waals surface area contributed by atoms with Crippen molar-refractivity contribution in [1.29, 1.82) is 0 Å². The van der Waals surface area contributed by atoms with E-state index in [-0.39, 0.29) is 17.9 Å². The van der Waals surface area contributed by atoms with Gasteiger partial charge in [0.1, 0.15) is 11.6 Å². The second kappa shape index (κ2) is 10.2. The van der Waals surface area contributed by atoms with Crippen LogP contribution in [-0.4, -0.2) is 44.2 Å². The summed E-state index contributed by atoms with van der Waals surface area (Å²) in [6.07, 6.45) is 10.4. The summed E-state index contributed by atoms with van der Waals surface area (Å²) >= 11 is 0. The Labute approximate surface area is 204 Å². The number of piperidine rings is 1. The lowest BCUT2D eigenvalue weighted by atomic mass is 9.94. The SMILES string of the molecule is Cc1nnc(C(C)C)n1C1C[C@@H]2CC[C@@H](C1)N2CC[C@H](NC(=O)C1CCCC1)c1ccccc1. The summed E-state index contributed by atoms with van der Waals surface area (Å²) in [5, 5.41) is 12.3. The van der Waals surface area contributed by atoms with Crippen LogP contribution >= 0.6 is 0 Å². The Kier molecular flexibility index (Phi) is 7.05. The third kappa shape index (κ3) is 4.79. The maximum Gasteiger partial charge on any atom is 0.223 e. The summed E-state index contributed by atoms with van der Waals surface area (Å²) in [5.74, 6) is 3.05. The molecular formula is C28H41N5O. The van der Waals surface area contributed by atoms with Gasteiger partial charge in [-0.05, 0) is 57.4 Å². The Hall–Kier alpha value is -2.21. The van der Waals surface area contributed by atoms with E-state index in [0.29, 0.717) is 24.0 Å². The summed E-state index contributed by atoms with van der Waals surface area (Å²) in [5.41, 5.74) is 1.23. The van der Waals surface area contributed by atoms with Gasteiger partial charge in [0.25, 0.3) is 0 Å².